The van der Waals surface area contributed by atoms with Crippen molar-refractivity contribution in [2.24, 2.45) is 5.73 Å². The van der Waals surface area contributed by atoms with Gasteiger partial charge in [-0.3, -0.25) is 0 Å². The SMILES string of the molecule is CCC(C)(N)c1noc(-c2coc3ccccc23)n1. The minimum absolute atomic E-state index is 0.435. The number of para-hydroxylation sites is 1. The summed E-state index contributed by atoms with van der Waals surface area (Å²) in [5.74, 6) is 0.945. The average molecular weight is 257 g/mol. The summed E-state index contributed by atoms with van der Waals surface area (Å²) in [5.41, 5.74) is 7.11. The molecule has 1 unspecified atom stereocenters. The Hall–Kier alpha value is -2.14. The van der Waals surface area contributed by atoms with Crippen LogP contribution >= 0.6 is 0 Å². The standard InChI is InChI=1S/C14H15N3O2/c1-3-14(2,15)13-16-12(19-17-13)10-8-18-11-7-5-4-6-9(10)11/h4-8H,3,15H2,1-2H3. The maximum Gasteiger partial charge on any atom is 0.261 e. The Bertz CT molecular complexity index is 712. The summed E-state index contributed by atoms with van der Waals surface area (Å²) < 4.78 is 10.8. The van der Waals surface area contributed by atoms with Crippen LogP contribution in [0.25, 0.3) is 22.4 Å². The highest BCUT2D eigenvalue weighted by Gasteiger charge is 2.26. The Morgan fingerprint density at radius 2 is 2.11 bits per heavy atom. The van der Waals surface area contributed by atoms with Gasteiger partial charge in [0, 0.05) is 5.39 Å². The highest BCUT2D eigenvalue weighted by Crippen LogP contribution is 2.30. The van der Waals surface area contributed by atoms with Crippen LogP contribution in [0.15, 0.2) is 39.5 Å². The van der Waals surface area contributed by atoms with E-state index in [1.54, 1.807) is 6.26 Å². The van der Waals surface area contributed by atoms with Crippen molar-refractivity contribution in [2.45, 2.75) is 25.8 Å². The first-order valence-electron chi connectivity index (χ1n) is 6.21. The van der Waals surface area contributed by atoms with Crippen LogP contribution in [0.3, 0.4) is 0 Å². The van der Waals surface area contributed by atoms with Crippen molar-refractivity contribution in [1.82, 2.24) is 10.1 Å². The van der Waals surface area contributed by atoms with Crippen LogP contribution in [0.1, 0.15) is 26.1 Å². The molecule has 0 spiro atoms. The molecule has 1 atom stereocenters. The van der Waals surface area contributed by atoms with Gasteiger partial charge in [0.25, 0.3) is 5.89 Å². The molecule has 0 radical (unpaired) electrons. The maximum absolute atomic E-state index is 6.11. The van der Waals surface area contributed by atoms with E-state index >= 15 is 0 Å². The Balaban J connectivity index is 2.08. The van der Waals surface area contributed by atoms with Gasteiger partial charge in [-0.05, 0) is 19.4 Å². The Morgan fingerprint density at radius 3 is 2.89 bits per heavy atom. The second-order valence-electron chi connectivity index (χ2n) is 4.84. The molecule has 3 rings (SSSR count). The van der Waals surface area contributed by atoms with Crippen LogP contribution in [0, 0.1) is 0 Å². The van der Waals surface area contributed by atoms with E-state index in [2.05, 4.69) is 10.1 Å². The van der Waals surface area contributed by atoms with Gasteiger partial charge in [0.15, 0.2) is 5.82 Å². The van der Waals surface area contributed by atoms with E-state index < -0.39 is 5.54 Å². The molecular weight excluding hydrogens is 242 g/mol. The summed E-state index contributed by atoms with van der Waals surface area (Å²) in [4.78, 5) is 4.38. The van der Waals surface area contributed by atoms with Crippen LogP contribution in [0.5, 0.6) is 0 Å². The van der Waals surface area contributed by atoms with Gasteiger partial charge in [0.05, 0.1) is 11.1 Å². The van der Waals surface area contributed by atoms with Gasteiger partial charge in [-0.15, -0.1) is 0 Å². The summed E-state index contributed by atoms with van der Waals surface area (Å²) in [6.07, 6.45) is 2.36. The molecule has 0 saturated heterocycles. The zero-order chi connectivity index (χ0) is 13.5. The van der Waals surface area contributed by atoms with E-state index in [4.69, 9.17) is 14.7 Å². The summed E-state index contributed by atoms with van der Waals surface area (Å²) in [5, 5.41) is 4.92. The number of nitrogens with two attached hydrogens (primary N) is 1. The van der Waals surface area contributed by atoms with Crippen LogP contribution < -0.4 is 5.73 Å². The largest absolute Gasteiger partial charge is 0.463 e. The lowest BCUT2D eigenvalue weighted by atomic mass is 10.00. The number of rotatable bonds is 3. The normalized spacial score (nSPS) is 14.7. The monoisotopic (exact) mass is 257 g/mol. The summed E-state index contributed by atoms with van der Waals surface area (Å²) >= 11 is 0. The minimum Gasteiger partial charge on any atom is -0.463 e. The molecule has 2 N–H and O–H groups in total. The fourth-order valence-electron chi connectivity index (χ4n) is 1.87. The first-order chi connectivity index (χ1) is 9.12. The molecule has 2 heterocycles. The molecule has 5 heteroatoms. The van der Waals surface area contributed by atoms with Gasteiger partial charge in [-0.1, -0.05) is 30.3 Å². The average Bonchev–Trinajstić information content (AvgIpc) is 3.05. The van der Waals surface area contributed by atoms with Crippen molar-refractivity contribution in [2.75, 3.05) is 0 Å². The second kappa shape index (κ2) is 4.20. The van der Waals surface area contributed by atoms with Crippen LogP contribution in [-0.4, -0.2) is 10.1 Å². The maximum atomic E-state index is 6.11. The number of hydrogen-bond acceptors (Lipinski definition) is 5. The number of furan rings is 1. The van der Waals surface area contributed by atoms with Crippen molar-refractivity contribution < 1.29 is 8.94 Å². The highest BCUT2D eigenvalue weighted by atomic mass is 16.5. The summed E-state index contributed by atoms with van der Waals surface area (Å²) in [6, 6.07) is 7.72. The third-order valence-corrected chi connectivity index (χ3v) is 3.38. The van der Waals surface area contributed by atoms with E-state index in [1.165, 1.54) is 0 Å². The van der Waals surface area contributed by atoms with Gasteiger partial charge < -0.3 is 14.7 Å². The molecule has 19 heavy (non-hydrogen) atoms. The number of fused-ring (bicyclic) bond motifs is 1. The lowest BCUT2D eigenvalue weighted by molar-refractivity contribution is 0.379. The fraction of sp³-hybridized carbons (Fsp3) is 0.286. The molecule has 0 aliphatic carbocycles. The van der Waals surface area contributed by atoms with Gasteiger partial charge in [0.1, 0.15) is 11.8 Å². The summed E-state index contributed by atoms with van der Waals surface area (Å²) in [7, 11) is 0. The Morgan fingerprint density at radius 1 is 1.32 bits per heavy atom. The van der Waals surface area contributed by atoms with E-state index in [0.29, 0.717) is 11.7 Å². The fourth-order valence-corrected chi connectivity index (χ4v) is 1.87. The number of hydrogen-bond donors (Lipinski definition) is 1. The van der Waals surface area contributed by atoms with Gasteiger partial charge in [-0.2, -0.15) is 4.98 Å². The van der Waals surface area contributed by atoms with Crippen LogP contribution in [0.4, 0.5) is 0 Å². The van der Waals surface area contributed by atoms with Crippen LogP contribution in [0.2, 0.25) is 0 Å². The third-order valence-electron chi connectivity index (χ3n) is 3.38. The van der Waals surface area contributed by atoms with E-state index in [0.717, 1.165) is 23.0 Å². The Labute approximate surface area is 110 Å². The quantitative estimate of drug-likeness (QED) is 0.780. The third kappa shape index (κ3) is 1.92. The van der Waals surface area contributed by atoms with E-state index in [-0.39, 0.29) is 0 Å². The van der Waals surface area contributed by atoms with Gasteiger partial charge >= 0.3 is 0 Å². The lowest BCUT2D eigenvalue weighted by Crippen LogP contribution is -2.33. The van der Waals surface area contributed by atoms with Crippen molar-refractivity contribution in [3.8, 4) is 11.5 Å². The predicted octanol–water partition coefficient (Wildman–Crippen LogP) is 3.07. The van der Waals surface area contributed by atoms with Crippen molar-refractivity contribution in [1.29, 1.82) is 0 Å². The van der Waals surface area contributed by atoms with Gasteiger partial charge in [0.2, 0.25) is 0 Å². The zero-order valence-corrected chi connectivity index (χ0v) is 10.9. The molecule has 0 fully saturated rings. The minimum atomic E-state index is -0.582. The first kappa shape index (κ1) is 11.9. The molecule has 0 bridgehead atoms. The molecule has 0 aliphatic rings. The van der Waals surface area contributed by atoms with E-state index in [1.807, 2.05) is 38.1 Å². The smallest absolute Gasteiger partial charge is 0.261 e. The molecule has 3 aromatic rings. The number of benzene rings is 1. The molecule has 98 valence electrons. The number of nitrogens with zero attached hydrogens (tertiary/aromatic N) is 2. The lowest BCUT2D eigenvalue weighted by Gasteiger charge is -2.16. The predicted molar refractivity (Wildman–Crippen MR) is 71.3 cm³/mol. The van der Waals surface area contributed by atoms with Crippen LogP contribution in [-0.2, 0) is 5.54 Å². The molecule has 0 amide bonds. The van der Waals surface area contributed by atoms with Crippen molar-refractivity contribution in [3.63, 3.8) is 0 Å². The molecule has 5 nitrogen and oxygen atoms in total. The molecular formula is C14H15N3O2. The second-order valence-corrected chi connectivity index (χ2v) is 4.84. The van der Waals surface area contributed by atoms with Crippen molar-refractivity contribution >= 4 is 11.0 Å². The first-order valence-corrected chi connectivity index (χ1v) is 6.21. The highest BCUT2D eigenvalue weighted by molar-refractivity contribution is 5.91. The molecule has 0 aliphatic heterocycles. The summed E-state index contributed by atoms with van der Waals surface area (Å²) in [6.45, 7) is 3.87. The molecule has 2 aromatic heterocycles. The molecule has 1 aromatic carbocycles. The van der Waals surface area contributed by atoms with Crippen molar-refractivity contribution in [3.05, 3.63) is 36.4 Å². The van der Waals surface area contributed by atoms with E-state index in [9.17, 15) is 0 Å². The Kier molecular flexibility index (Phi) is 2.64. The molecule has 0 saturated carbocycles. The zero-order valence-electron chi connectivity index (χ0n) is 10.9. The van der Waals surface area contributed by atoms with Gasteiger partial charge in [-0.25, -0.2) is 0 Å². The number of aromatic nitrogens is 2. The topological polar surface area (TPSA) is 78.1 Å².